The molecule has 0 bridgehead atoms. The summed E-state index contributed by atoms with van der Waals surface area (Å²) in [7, 11) is 0. The molecule has 0 aliphatic heterocycles. The highest BCUT2D eigenvalue weighted by atomic mass is 15.3. The standard InChI is InChI=1S/C13H21N3/c1-10(2)16-7-6-13(15-16)9-11-4-3-5-12(14)8-11/h6-7,9-10,12H,3-5,8,14H2,1-2H3. The summed E-state index contributed by atoms with van der Waals surface area (Å²) in [6.45, 7) is 4.28. The van der Waals surface area contributed by atoms with Gasteiger partial charge in [-0.3, -0.25) is 4.68 Å². The first kappa shape index (κ1) is 11.4. The summed E-state index contributed by atoms with van der Waals surface area (Å²) in [6, 6.07) is 2.86. The molecule has 1 unspecified atom stereocenters. The lowest BCUT2D eigenvalue weighted by atomic mass is 9.91. The quantitative estimate of drug-likeness (QED) is 0.831. The molecule has 1 heterocycles. The second kappa shape index (κ2) is 4.83. The van der Waals surface area contributed by atoms with Crippen LogP contribution in [-0.2, 0) is 0 Å². The Hall–Kier alpha value is -1.09. The van der Waals surface area contributed by atoms with Gasteiger partial charge in [0.25, 0.3) is 0 Å². The Bertz CT molecular complexity index is 376. The van der Waals surface area contributed by atoms with E-state index in [0.717, 1.165) is 18.5 Å². The highest BCUT2D eigenvalue weighted by molar-refractivity contribution is 5.48. The monoisotopic (exact) mass is 219 g/mol. The van der Waals surface area contributed by atoms with Crippen LogP contribution in [0, 0.1) is 0 Å². The second-order valence-electron chi connectivity index (χ2n) is 4.97. The normalized spacial score (nSPS) is 24.2. The van der Waals surface area contributed by atoms with Crippen LogP contribution >= 0.6 is 0 Å². The fraction of sp³-hybridized carbons (Fsp3) is 0.615. The van der Waals surface area contributed by atoms with Crippen LogP contribution in [-0.4, -0.2) is 15.8 Å². The first-order valence-corrected chi connectivity index (χ1v) is 6.15. The van der Waals surface area contributed by atoms with Gasteiger partial charge in [0, 0.05) is 18.3 Å². The van der Waals surface area contributed by atoms with Crippen molar-refractivity contribution in [3.63, 3.8) is 0 Å². The number of aromatic nitrogens is 2. The minimum absolute atomic E-state index is 0.354. The van der Waals surface area contributed by atoms with Gasteiger partial charge in [-0.05, 0) is 51.7 Å². The van der Waals surface area contributed by atoms with Crippen LogP contribution in [0.4, 0.5) is 0 Å². The molecule has 16 heavy (non-hydrogen) atoms. The van der Waals surface area contributed by atoms with Crippen molar-refractivity contribution in [2.45, 2.75) is 51.6 Å². The molecule has 1 aliphatic carbocycles. The minimum atomic E-state index is 0.354. The van der Waals surface area contributed by atoms with Crippen LogP contribution in [0.25, 0.3) is 6.08 Å². The highest BCUT2D eigenvalue weighted by Gasteiger charge is 2.13. The van der Waals surface area contributed by atoms with E-state index in [1.807, 2.05) is 10.9 Å². The van der Waals surface area contributed by atoms with E-state index in [0.29, 0.717) is 12.1 Å². The van der Waals surface area contributed by atoms with Gasteiger partial charge in [-0.15, -0.1) is 0 Å². The van der Waals surface area contributed by atoms with Crippen molar-refractivity contribution in [2.75, 3.05) is 0 Å². The lowest BCUT2D eigenvalue weighted by Crippen LogP contribution is -2.23. The fourth-order valence-electron chi connectivity index (χ4n) is 2.19. The predicted molar refractivity (Wildman–Crippen MR) is 67.0 cm³/mol. The van der Waals surface area contributed by atoms with Crippen LogP contribution in [0.5, 0.6) is 0 Å². The molecular formula is C13H21N3. The summed E-state index contributed by atoms with van der Waals surface area (Å²) < 4.78 is 2.00. The van der Waals surface area contributed by atoms with Crippen LogP contribution in [0.2, 0.25) is 0 Å². The van der Waals surface area contributed by atoms with E-state index in [2.05, 4.69) is 31.1 Å². The Balaban J connectivity index is 2.09. The molecule has 1 fully saturated rings. The topological polar surface area (TPSA) is 43.8 Å². The van der Waals surface area contributed by atoms with E-state index in [1.54, 1.807) is 0 Å². The molecule has 3 nitrogen and oxygen atoms in total. The smallest absolute Gasteiger partial charge is 0.0850 e. The Morgan fingerprint density at radius 2 is 2.38 bits per heavy atom. The molecule has 1 aromatic rings. The van der Waals surface area contributed by atoms with Gasteiger partial charge in [-0.25, -0.2) is 0 Å². The number of rotatable bonds is 2. The fourth-order valence-corrected chi connectivity index (χ4v) is 2.19. The van der Waals surface area contributed by atoms with E-state index in [9.17, 15) is 0 Å². The molecule has 2 N–H and O–H groups in total. The molecule has 0 aromatic carbocycles. The van der Waals surface area contributed by atoms with Gasteiger partial charge in [0.15, 0.2) is 0 Å². The van der Waals surface area contributed by atoms with Gasteiger partial charge < -0.3 is 5.73 Å². The van der Waals surface area contributed by atoms with Gasteiger partial charge >= 0.3 is 0 Å². The summed E-state index contributed by atoms with van der Waals surface area (Å²) in [5, 5.41) is 4.53. The van der Waals surface area contributed by atoms with E-state index >= 15 is 0 Å². The van der Waals surface area contributed by atoms with Crippen LogP contribution in [0.1, 0.15) is 51.3 Å². The Morgan fingerprint density at radius 3 is 3.00 bits per heavy atom. The summed E-state index contributed by atoms with van der Waals surface area (Å²) in [5.74, 6) is 0. The van der Waals surface area contributed by atoms with E-state index in [-0.39, 0.29) is 0 Å². The third kappa shape index (κ3) is 2.73. The maximum Gasteiger partial charge on any atom is 0.0850 e. The number of hydrogen-bond acceptors (Lipinski definition) is 2. The summed E-state index contributed by atoms with van der Waals surface area (Å²) in [5.41, 5.74) is 8.48. The number of nitrogens with two attached hydrogens (primary N) is 1. The van der Waals surface area contributed by atoms with Crippen LogP contribution < -0.4 is 5.73 Å². The molecule has 0 saturated heterocycles. The lowest BCUT2D eigenvalue weighted by molar-refractivity contribution is 0.519. The summed E-state index contributed by atoms with van der Waals surface area (Å²) in [6.07, 6.45) is 8.85. The van der Waals surface area contributed by atoms with Crippen LogP contribution in [0.3, 0.4) is 0 Å². The molecule has 0 spiro atoms. The molecule has 2 rings (SSSR count). The Kier molecular flexibility index (Phi) is 3.44. The van der Waals surface area contributed by atoms with Crippen molar-refractivity contribution in [2.24, 2.45) is 5.73 Å². The largest absolute Gasteiger partial charge is 0.327 e. The van der Waals surface area contributed by atoms with Gasteiger partial charge in [0.2, 0.25) is 0 Å². The van der Waals surface area contributed by atoms with Gasteiger partial charge in [-0.2, -0.15) is 5.10 Å². The molecule has 88 valence electrons. The zero-order chi connectivity index (χ0) is 11.5. The highest BCUT2D eigenvalue weighted by Crippen LogP contribution is 2.24. The van der Waals surface area contributed by atoms with Crippen molar-refractivity contribution in [1.29, 1.82) is 0 Å². The Labute approximate surface area is 97.3 Å². The van der Waals surface area contributed by atoms with E-state index in [1.165, 1.54) is 18.4 Å². The maximum absolute atomic E-state index is 5.97. The first-order chi connectivity index (χ1) is 7.65. The summed E-state index contributed by atoms with van der Waals surface area (Å²) in [4.78, 5) is 0. The SMILES string of the molecule is CC(C)n1ccc(C=C2CCCC(N)C2)n1. The molecular weight excluding hydrogens is 198 g/mol. The van der Waals surface area contributed by atoms with Crippen molar-refractivity contribution < 1.29 is 0 Å². The zero-order valence-corrected chi connectivity index (χ0v) is 10.2. The van der Waals surface area contributed by atoms with Crippen molar-refractivity contribution >= 4 is 6.08 Å². The average Bonchev–Trinajstić information content (AvgIpc) is 2.66. The molecule has 1 aromatic heterocycles. The zero-order valence-electron chi connectivity index (χ0n) is 10.2. The Morgan fingerprint density at radius 1 is 1.56 bits per heavy atom. The second-order valence-corrected chi connectivity index (χ2v) is 4.97. The molecule has 1 aliphatic rings. The number of nitrogens with zero attached hydrogens (tertiary/aromatic N) is 2. The number of hydrogen-bond donors (Lipinski definition) is 1. The average molecular weight is 219 g/mol. The van der Waals surface area contributed by atoms with Crippen molar-refractivity contribution in [3.05, 3.63) is 23.5 Å². The molecule has 0 amide bonds. The molecule has 0 radical (unpaired) electrons. The maximum atomic E-state index is 5.97. The summed E-state index contributed by atoms with van der Waals surface area (Å²) >= 11 is 0. The first-order valence-electron chi connectivity index (χ1n) is 6.15. The molecule has 3 heteroatoms. The minimum Gasteiger partial charge on any atom is -0.327 e. The lowest BCUT2D eigenvalue weighted by Gasteiger charge is -2.20. The van der Waals surface area contributed by atoms with Crippen LogP contribution in [0.15, 0.2) is 17.8 Å². The van der Waals surface area contributed by atoms with Gasteiger partial charge in [0.05, 0.1) is 5.69 Å². The van der Waals surface area contributed by atoms with Gasteiger partial charge in [-0.1, -0.05) is 5.57 Å². The van der Waals surface area contributed by atoms with Crippen molar-refractivity contribution in [3.8, 4) is 0 Å². The van der Waals surface area contributed by atoms with E-state index < -0.39 is 0 Å². The van der Waals surface area contributed by atoms with E-state index in [4.69, 9.17) is 5.73 Å². The van der Waals surface area contributed by atoms with Crippen molar-refractivity contribution in [1.82, 2.24) is 9.78 Å². The third-order valence-corrected chi connectivity index (χ3v) is 3.11. The van der Waals surface area contributed by atoms with Gasteiger partial charge in [0.1, 0.15) is 0 Å². The molecule has 1 atom stereocenters. The third-order valence-electron chi connectivity index (χ3n) is 3.11. The molecule has 1 saturated carbocycles. The predicted octanol–water partition coefficient (Wildman–Crippen LogP) is 2.75.